The number of amides is 1. The summed E-state index contributed by atoms with van der Waals surface area (Å²) in [5, 5.41) is 0.480. The number of halogens is 1. The average molecular weight is 359 g/mol. The summed E-state index contributed by atoms with van der Waals surface area (Å²) < 4.78 is 25.7. The van der Waals surface area contributed by atoms with Crippen LogP contribution in [0.2, 0.25) is 5.02 Å². The fraction of sp³-hybridized carbons (Fsp3) is 0.562. The maximum atomic E-state index is 12.7. The number of carbonyl (C=O) groups excluding carboxylic acids is 1. The van der Waals surface area contributed by atoms with Gasteiger partial charge in [-0.3, -0.25) is 9.10 Å². The number of hydrogen-bond donors (Lipinski definition) is 0. The van der Waals surface area contributed by atoms with E-state index in [0.29, 0.717) is 23.8 Å². The maximum Gasteiger partial charge on any atom is 0.246 e. The van der Waals surface area contributed by atoms with Crippen molar-refractivity contribution in [3.05, 3.63) is 28.8 Å². The molecule has 1 saturated heterocycles. The molecule has 0 N–H and O–H groups in total. The van der Waals surface area contributed by atoms with Crippen molar-refractivity contribution in [3.8, 4) is 0 Å². The van der Waals surface area contributed by atoms with E-state index in [0.717, 1.165) is 35.4 Å². The molecule has 1 heterocycles. The van der Waals surface area contributed by atoms with Crippen molar-refractivity contribution in [2.24, 2.45) is 0 Å². The highest BCUT2D eigenvalue weighted by Crippen LogP contribution is 2.27. The van der Waals surface area contributed by atoms with Crippen LogP contribution >= 0.6 is 11.6 Å². The number of likely N-dealkylation sites (tertiary alicyclic amines) is 1. The van der Waals surface area contributed by atoms with Crippen molar-refractivity contribution in [1.29, 1.82) is 0 Å². The number of benzene rings is 1. The fourth-order valence-corrected chi connectivity index (χ4v) is 4.24. The first-order valence-corrected chi connectivity index (χ1v) is 9.99. The van der Waals surface area contributed by atoms with Crippen LogP contribution in [0.4, 0.5) is 5.69 Å². The second kappa shape index (κ2) is 7.09. The van der Waals surface area contributed by atoms with Gasteiger partial charge in [0, 0.05) is 18.1 Å². The summed E-state index contributed by atoms with van der Waals surface area (Å²) in [6.07, 6.45) is 4.16. The van der Waals surface area contributed by atoms with Gasteiger partial charge >= 0.3 is 0 Å². The molecule has 1 amide bonds. The van der Waals surface area contributed by atoms with E-state index in [1.165, 1.54) is 0 Å². The highest BCUT2D eigenvalue weighted by atomic mass is 35.5. The largest absolute Gasteiger partial charge is 0.341 e. The van der Waals surface area contributed by atoms with Crippen LogP contribution < -0.4 is 4.31 Å². The van der Waals surface area contributed by atoms with Gasteiger partial charge in [0.05, 0.1) is 11.9 Å². The molecule has 0 saturated carbocycles. The lowest BCUT2D eigenvalue weighted by atomic mass is 10.1. The first-order chi connectivity index (χ1) is 10.7. The number of anilines is 1. The number of carbonyl (C=O) groups is 1. The number of hydrogen-bond acceptors (Lipinski definition) is 3. The normalized spacial score (nSPS) is 17.0. The van der Waals surface area contributed by atoms with E-state index in [4.69, 9.17) is 11.6 Å². The van der Waals surface area contributed by atoms with Crippen LogP contribution in [0.3, 0.4) is 0 Å². The van der Waals surface area contributed by atoms with Crippen LogP contribution in [0.1, 0.15) is 31.7 Å². The molecule has 128 valence electrons. The highest BCUT2D eigenvalue weighted by molar-refractivity contribution is 7.92. The van der Waals surface area contributed by atoms with Gasteiger partial charge in [-0.2, -0.15) is 0 Å². The number of rotatable bonds is 4. The molecule has 23 heavy (non-hydrogen) atoms. The van der Waals surface area contributed by atoms with Crippen molar-refractivity contribution >= 4 is 33.2 Å². The fourth-order valence-electron chi connectivity index (χ4n) is 2.90. The molecule has 1 aromatic carbocycles. The Hall–Kier alpha value is -1.27. The maximum absolute atomic E-state index is 12.7. The van der Waals surface area contributed by atoms with Gasteiger partial charge in [-0.1, -0.05) is 17.7 Å². The number of piperidine rings is 1. The second-order valence-electron chi connectivity index (χ2n) is 6.05. The van der Waals surface area contributed by atoms with Crippen LogP contribution in [-0.2, 0) is 14.8 Å². The van der Waals surface area contributed by atoms with Crippen LogP contribution in [0.15, 0.2) is 18.2 Å². The lowest BCUT2D eigenvalue weighted by molar-refractivity contribution is -0.132. The molecule has 0 unspecified atom stereocenters. The molecule has 1 aliphatic heterocycles. The second-order valence-corrected chi connectivity index (χ2v) is 8.32. The van der Waals surface area contributed by atoms with E-state index in [2.05, 4.69) is 0 Å². The van der Waals surface area contributed by atoms with Crippen molar-refractivity contribution < 1.29 is 13.2 Å². The van der Waals surface area contributed by atoms with Gasteiger partial charge < -0.3 is 4.90 Å². The minimum atomic E-state index is -3.60. The zero-order chi connectivity index (χ0) is 17.2. The average Bonchev–Trinajstić information content (AvgIpc) is 2.49. The van der Waals surface area contributed by atoms with Gasteiger partial charge in [0.2, 0.25) is 15.9 Å². The lowest BCUT2D eigenvalue weighted by Gasteiger charge is -2.34. The molecule has 5 nitrogen and oxygen atoms in total. The van der Waals surface area contributed by atoms with Crippen molar-refractivity contribution in [2.45, 2.75) is 39.2 Å². The van der Waals surface area contributed by atoms with E-state index in [1.54, 1.807) is 30.0 Å². The Labute approximate surface area is 143 Å². The molecule has 0 radical (unpaired) electrons. The Morgan fingerprint density at radius 2 is 1.87 bits per heavy atom. The third-order valence-electron chi connectivity index (χ3n) is 4.14. The Morgan fingerprint density at radius 3 is 2.39 bits per heavy atom. The predicted molar refractivity (Wildman–Crippen MR) is 93.4 cm³/mol. The summed E-state index contributed by atoms with van der Waals surface area (Å²) in [6, 6.07) is 4.25. The minimum Gasteiger partial charge on any atom is -0.341 e. The summed E-state index contributed by atoms with van der Waals surface area (Å²) >= 11 is 6.12. The number of aryl methyl sites for hydroxylation is 1. The van der Waals surface area contributed by atoms with Gasteiger partial charge in [-0.05, 0) is 50.8 Å². The van der Waals surface area contributed by atoms with Crippen LogP contribution in [0.5, 0.6) is 0 Å². The number of nitrogens with zero attached hydrogens (tertiary/aromatic N) is 2. The van der Waals surface area contributed by atoms with E-state index < -0.39 is 16.1 Å². The molecular weight excluding hydrogens is 336 g/mol. The molecule has 1 fully saturated rings. The Bertz CT molecular complexity index is 685. The Balaban J connectivity index is 2.34. The topological polar surface area (TPSA) is 57.7 Å². The molecule has 1 atom stereocenters. The summed E-state index contributed by atoms with van der Waals surface area (Å²) in [4.78, 5) is 14.5. The van der Waals surface area contributed by atoms with Gasteiger partial charge in [0.1, 0.15) is 6.04 Å². The molecule has 0 aliphatic carbocycles. The SMILES string of the molecule is Cc1ccc(N([C@@H](C)C(=O)N2CCCCC2)S(C)(=O)=O)cc1Cl. The first-order valence-electron chi connectivity index (χ1n) is 7.76. The van der Waals surface area contributed by atoms with Gasteiger partial charge in [-0.15, -0.1) is 0 Å². The van der Waals surface area contributed by atoms with Gasteiger partial charge in [0.25, 0.3) is 0 Å². The molecule has 0 bridgehead atoms. The molecular formula is C16H23ClN2O3S. The summed E-state index contributed by atoms with van der Waals surface area (Å²) in [5.74, 6) is -0.160. The van der Waals surface area contributed by atoms with Crippen molar-refractivity contribution in [1.82, 2.24) is 4.90 Å². The summed E-state index contributed by atoms with van der Waals surface area (Å²) in [5.41, 5.74) is 1.28. The van der Waals surface area contributed by atoms with E-state index in [9.17, 15) is 13.2 Å². The molecule has 0 aromatic heterocycles. The molecule has 2 rings (SSSR count). The lowest BCUT2D eigenvalue weighted by Crippen LogP contribution is -2.50. The van der Waals surface area contributed by atoms with Gasteiger partial charge in [0.15, 0.2) is 0 Å². The standard InChI is InChI=1S/C16H23ClN2O3S/c1-12-7-8-14(11-15(12)17)19(23(3,21)22)13(2)16(20)18-9-5-4-6-10-18/h7-8,11,13H,4-6,9-10H2,1-3H3/t13-/m0/s1. The smallest absolute Gasteiger partial charge is 0.246 e. The molecule has 1 aliphatic rings. The monoisotopic (exact) mass is 358 g/mol. The van der Waals surface area contributed by atoms with Crippen molar-refractivity contribution in [3.63, 3.8) is 0 Å². The van der Waals surface area contributed by atoms with E-state index >= 15 is 0 Å². The zero-order valence-electron chi connectivity index (χ0n) is 13.8. The third-order valence-corrected chi connectivity index (χ3v) is 5.79. The third kappa shape index (κ3) is 4.18. The molecule has 1 aromatic rings. The molecule has 0 spiro atoms. The van der Waals surface area contributed by atoms with Crippen LogP contribution in [-0.4, -0.2) is 44.6 Å². The minimum absolute atomic E-state index is 0.160. The van der Waals surface area contributed by atoms with Crippen LogP contribution in [0.25, 0.3) is 0 Å². The quantitative estimate of drug-likeness (QED) is 0.831. The molecule has 7 heteroatoms. The summed E-state index contributed by atoms with van der Waals surface area (Å²) in [6.45, 7) is 4.86. The van der Waals surface area contributed by atoms with Crippen LogP contribution in [0, 0.1) is 6.92 Å². The van der Waals surface area contributed by atoms with E-state index in [1.807, 2.05) is 6.92 Å². The Kier molecular flexibility index (Phi) is 5.57. The highest BCUT2D eigenvalue weighted by Gasteiger charge is 2.32. The van der Waals surface area contributed by atoms with E-state index in [-0.39, 0.29) is 5.91 Å². The van der Waals surface area contributed by atoms with Crippen molar-refractivity contribution in [2.75, 3.05) is 23.7 Å². The first kappa shape index (κ1) is 18.1. The van der Waals surface area contributed by atoms with Gasteiger partial charge in [-0.25, -0.2) is 8.42 Å². The predicted octanol–water partition coefficient (Wildman–Crippen LogP) is 2.82. The number of sulfonamides is 1. The Morgan fingerprint density at radius 1 is 1.26 bits per heavy atom. The zero-order valence-corrected chi connectivity index (χ0v) is 15.3. The summed E-state index contributed by atoms with van der Waals surface area (Å²) in [7, 11) is -3.60.